The van der Waals surface area contributed by atoms with E-state index in [9.17, 15) is 4.79 Å². The van der Waals surface area contributed by atoms with Gasteiger partial charge in [0.15, 0.2) is 11.5 Å². The molecule has 1 amide bonds. The third-order valence-corrected chi connectivity index (χ3v) is 6.45. The maximum atomic E-state index is 13.0. The molecule has 0 radical (unpaired) electrons. The number of hydrogen-bond donors (Lipinski definition) is 0. The zero-order valence-corrected chi connectivity index (χ0v) is 17.8. The van der Waals surface area contributed by atoms with Crippen molar-refractivity contribution in [1.29, 1.82) is 0 Å². The van der Waals surface area contributed by atoms with Crippen LogP contribution < -0.4 is 14.4 Å². The van der Waals surface area contributed by atoms with Crippen molar-refractivity contribution in [2.75, 3.05) is 18.2 Å². The standard InChI is InChI=1S/C26H23N3O3/c1-17(18-7-3-2-4-8-18)29-22-10-6-5-9-21(22)27-26(29)19-13-25(30)28(15-19)20-11-12-23-24(14-20)32-16-31-23/h2-12,14,17,19H,13,15-16H2,1H3. The van der Waals surface area contributed by atoms with Gasteiger partial charge in [-0.3, -0.25) is 4.79 Å². The van der Waals surface area contributed by atoms with Gasteiger partial charge >= 0.3 is 0 Å². The predicted molar refractivity (Wildman–Crippen MR) is 122 cm³/mol. The molecule has 1 fully saturated rings. The van der Waals surface area contributed by atoms with Gasteiger partial charge in [-0.2, -0.15) is 0 Å². The second-order valence-electron chi connectivity index (χ2n) is 8.36. The summed E-state index contributed by atoms with van der Waals surface area (Å²) < 4.78 is 13.2. The number of para-hydroxylation sites is 2. The van der Waals surface area contributed by atoms with Crippen LogP contribution in [0.15, 0.2) is 72.8 Å². The first-order valence-corrected chi connectivity index (χ1v) is 10.9. The first-order valence-electron chi connectivity index (χ1n) is 10.9. The van der Waals surface area contributed by atoms with Crippen molar-refractivity contribution < 1.29 is 14.3 Å². The summed E-state index contributed by atoms with van der Waals surface area (Å²) in [6.45, 7) is 3.00. The molecule has 4 aromatic rings. The highest BCUT2D eigenvalue weighted by Crippen LogP contribution is 2.40. The van der Waals surface area contributed by atoms with Crippen molar-refractivity contribution in [3.63, 3.8) is 0 Å². The molecular weight excluding hydrogens is 402 g/mol. The zero-order valence-electron chi connectivity index (χ0n) is 17.8. The largest absolute Gasteiger partial charge is 0.454 e. The molecule has 0 aliphatic carbocycles. The lowest BCUT2D eigenvalue weighted by atomic mass is 10.0. The molecule has 1 aromatic heterocycles. The van der Waals surface area contributed by atoms with Gasteiger partial charge in [-0.1, -0.05) is 42.5 Å². The first kappa shape index (κ1) is 18.9. The van der Waals surface area contributed by atoms with Gasteiger partial charge < -0.3 is 18.9 Å². The number of imidazole rings is 1. The smallest absolute Gasteiger partial charge is 0.231 e. The average molecular weight is 425 g/mol. The summed E-state index contributed by atoms with van der Waals surface area (Å²) in [6.07, 6.45) is 0.430. The van der Waals surface area contributed by atoms with Crippen LogP contribution in [0, 0.1) is 0 Å². The van der Waals surface area contributed by atoms with E-state index in [2.05, 4.69) is 41.8 Å². The molecule has 1 saturated heterocycles. The van der Waals surface area contributed by atoms with Gasteiger partial charge in [-0.15, -0.1) is 0 Å². The molecule has 6 heteroatoms. The summed E-state index contributed by atoms with van der Waals surface area (Å²) in [5.74, 6) is 2.46. The number of fused-ring (bicyclic) bond motifs is 2. The van der Waals surface area contributed by atoms with Crippen molar-refractivity contribution in [3.8, 4) is 11.5 Å². The molecule has 32 heavy (non-hydrogen) atoms. The first-order chi connectivity index (χ1) is 15.7. The van der Waals surface area contributed by atoms with Gasteiger partial charge in [0.2, 0.25) is 12.7 Å². The molecule has 0 spiro atoms. The molecule has 3 aromatic carbocycles. The fourth-order valence-electron chi connectivity index (χ4n) is 4.82. The fourth-order valence-corrected chi connectivity index (χ4v) is 4.82. The van der Waals surface area contributed by atoms with Crippen LogP contribution in [0.4, 0.5) is 5.69 Å². The van der Waals surface area contributed by atoms with E-state index in [1.165, 1.54) is 5.56 Å². The Morgan fingerprint density at radius 1 is 0.969 bits per heavy atom. The number of amides is 1. The number of ether oxygens (including phenoxy) is 2. The van der Waals surface area contributed by atoms with Gasteiger partial charge in [-0.05, 0) is 36.8 Å². The van der Waals surface area contributed by atoms with Gasteiger partial charge in [-0.25, -0.2) is 4.98 Å². The number of carbonyl (C=O) groups excluding carboxylic acids is 1. The quantitative estimate of drug-likeness (QED) is 0.467. The lowest BCUT2D eigenvalue weighted by Gasteiger charge is -2.21. The molecular formula is C26H23N3O3. The third-order valence-electron chi connectivity index (χ3n) is 6.45. The van der Waals surface area contributed by atoms with Crippen LogP contribution >= 0.6 is 0 Å². The van der Waals surface area contributed by atoms with Crippen molar-refractivity contribution in [1.82, 2.24) is 9.55 Å². The summed E-state index contributed by atoms with van der Waals surface area (Å²) in [5.41, 5.74) is 4.10. The molecule has 2 aliphatic heterocycles. The Labute approximate surface area is 186 Å². The van der Waals surface area contributed by atoms with Crippen molar-refractivity contribution >= 4 is 22.6 Å². The maximum Gasteiger partial charge on any atom is 0.231 e. The molecule has 2 unspecified atom stereocenters. The molecule has 6 nitrogen and oxygen atoms in total. The Morgan fingerprint density at radius 2 is 1.75 bits per heavy atom. The minimum atomic E-state index is 0.00600. The second kappa shape index (κ2) is 7.41. The Kier molecular flexibility index (Phi) is 4.38. The number of hydrogen-bond acceptors (Lipinski definition) is 4. The number of aromatic nitrogens is 2. The number of rotatable bonds is 4. The van der Waals surface area contributed by atoms with E-state index in [1.54, 1.807) is 0 Å². The van der Waals surface area contributed by atoms with E-state index in [-0.39, 0.29) is 24.7 Å². The number of benzene rings is 3. The lowest BCUT2D eigenvalue weighted by molar-refractivity contribution is -0.117. The third kappa shape index (κ3) is 3.02. The molecule has 0 bridgehead atoms. The number of carbonyl (C=O) groups is 1. The van der Waals surface area contributed by atoms with Gasteiger partial charge in [0.1, 0.15) is 5.82 Å². The van der Waals surface area contributed by atoms with Crippen LogP contribution in [0.1, 0.15) is 36.7 Å². The van der Waals surface area contributed by atoms with Crippen LogP contribution in [-0.2, 0) is 4.79 Å². The van der Waals surface area contributed by atoms with Crippen LogP contribution in [0.3, 0.4) is 0 Å². The van der Waals surface area contributed by atoms with E-state index >= 15 is 0 Å². The highest BCUT2D eigenvalue weighted by atomic mass is 16.7. The Morgan fingerprint density at radius 3 is 2.62 bits per heavy atom. The summed E-state index contributed by atoms with van der Waals surface area (Å²) in [4.78, 5) is 19.9. The molecule has 6 rings (SSSR count). The molecule has 3 heterocycles. The topological polar surface area (TPSA) is 56.6 Å². The van der Waals surface area contributed by atoms with Gasteiger partial charge in [0.25, 0.3) is 0 Å². The van der Waals surface area contributed by atoms with Gasteiger partial charge in [0, 0.05) is 30.6 Å². The second-order valence-corrected chi connectivity index (χ2v) is 8.36. The Bertz CT molecular complexity index is 1310. The predicted octanol–water partition coefficient (Wildman–Crippen LogP) is 4.89. The average Bonchev–Trinajstić information content (AvgIpc) is 3.55. The summed E-state index contributed by atoms with van der Waals surface area (Å²) in [6, 6.07) is 24.4. The minimum absolute atomic E-state index is 0.00600. The Balaban J connectivity index is 1.39. The van der Waals surface area contributed by atoms with Crippen molar-refractivity contribution in [2.45, 2.75) is 25.3 Å². The summed E-state index contributed by atoms with van der Waals surface area (Å²) in [5, 5.41) is 0. The monoisotopic (exact) mass is 425 g/mol. The normalized spacial score (nSPS) is 18.5. The molecule has 0 saturated carbocycles. The van der Waals surface area contributed by atoms with E-state index in [0.717, 1.165) is 28.3 Å². The molecule has 0 N–H and O–H groups in total. The van der Waals surface area contributed by atoms with E-state index < -0.39 is 0 Å². The zero-order chi connectivity index (χ0) is 21.7. The van der Waals surface area contributed by atoms with Crippen molar-refractivity contribution in [3.05, 3.63) is 84.2 Å². The van der Waals surface area contributed by atoms with Crippen LogP contribution in [0.5, 0.6) is 11.5 Å². The fraction of sp³-hybridized carbons (Fsp3) is 0.231. The lowest BCUT2D eigenvalue weighted by Crippen LogP contribution is -2.24. The van der Waals surface area contributed by atoms with E-state index in [1.807, 2.05) is 47.4 Å². The van der Waals surface area contributed by atoms with Crippen LogP contribution in [-0.4, -0.2) is 28.8 Å². The van der Waals surface area contributed by atoms with Crippen molar-refractivity contribution in [2.24, 2.45) is 0 Å². The van der Waals surface area contributed by atoms with Crippen LogP contribution in [0.2, 0.25) is 0 Å². The number of nitrogens with zero attached hydrogens (tertiary/aromatic N) is 3. The van der Waals surface area contributed by atoms with Gasteiger partial charge in [0.05, 0.1) is 17.1 Å². The highest BCUT2D eigenvalue weighted by Gasteiger charge is 2.36. The summed E-state index contributed by atoms with van der Waals surface area (Å²) >= 11 is 0. The SMILES string of the molecule is CC(c1ccccc1)n1c(C2CC(=O)N(c3ccc4c(c3)OCO4)C2)nc2ccccc21. The Hall–Kier alpha value is -3.80. The number of anilines is 1. The minimum Gasteiger partial charge on any atom is -0.454 e. The maximum absolute atomic E-state index is 13.0. The molecule has 160 valence electrons. The highest BCUT2D eigenvalue weighted by molar-refractivity contribution is 5.97. The summed E-state index contributed by atoms with van der Waals surface area (Å²) in [7, 11) is 0. The molecule has 2 aliphatic rings. The molecule has 2 atom stereocenters. The van der Waals surface area contributed by atoms with Crippen LogP contribution in [0.25, 0.3) is 11.0 Å². The van der Waals surface area contributed by atoms with E-state index in [0.29, 0.717) is 18.7 Å². The van der Waals surface area contributed by atoms with E-state index in [4.69, 9.17) is 14.5 Å².